The summed E-state index contributed by atoms with van der Waals surface area (Å²) in [5, 5.41) is 2.67. The van der Waals surface area contributed by atoms with Crippen molar-refractivity contribution in [2.75, 3.05) is 20.8 Å². The highest BCUT2D eigenvalue weighted by molar-refractivity contribution is 5.98. The predicted octanol–water partition coefficient (Wildman–Crippen LogP) is 1.73. The minimum atomic E-state index is -0.302. The van der Waals surface area contributed by atoms with Crippen LogP contribution < -0.4 is 10.1 Å². The molecule has 0 radical (unpaired) electrons. The summed E-state index contributed by atoms with van der Waals surface area (Å²) in [5.74, 6) is 0.0860. The molecule has 0 aliphatic rings. The fourth-order valence-corrected chi connectivity index (χ4v) is 1.80. The molecule has 0 aliphatic carbocycles. The number of amides is 1. The van der Waals surface area contributed by atoms with Gasteiger partial charge in [-0.15, -0.1) is 0 Å². The number of ketones is 1. The van der Waals surface area contributed by atoms with Gasteiger partial charge in [-0.25, -0.2) is 0 Å². The number of hydrogen-bond donors (Lipinski definition) is 1. The van der Waals surface area contributed by atoms with Gasteiger partial charge in [-0.2, -0.15) is 0 Å². The molecule has 0 aliphatic heterocycles. The zero-order valence-electron chi connectivity index (χ0n) is 12.9. The van der Waals surface area contributed by atoms with E-state index in [1.807, 2.05) is 0 Å². The summed E-state index contributed by atoms with van der Waals surface area (Å²) in [6.45, 7) is 0.394. The maximum absolute atomic E-state index is 11.9. The Morgan fingerprint density at radius 1 is 1.00 bits per heavy atom. The van der Waals surface area contributed by atoms with Crippen molar-refractivity contribution in [3.63, 3.8) is 0 Å². The van der Waals surface area contributed by atoms with Crippen molar-refractivity contribution >= 4 is 17.7 Å². The summed E-state index contributed by atoms with van der Waals surface area (Å²) >= 11 is 0. The fraction of sp³-hybridized carbons (Fsp3) is 0.438. The Labute approximate surface area is 129 Å². The van der Waals surface area contributed by atoms with E-state index in [1.165, 1.54) is 7.11 Å². The number of carbonyl (C=O) groups excluding carboxylic acids is 3. The molecule has 0 spiro atoms. The van der Waals surface area contributed by atoms with Gasteiger partial charge >= 0.3 is 5.97 Å². The number of carbonyl (C=O) groups is 3. The molecule has 0 aromatic heterocycles. The van der Waals surface area contributed by atoms with Crippen LogP contribution in [0.15, 0.2) is 24.3 Å². The third-order valence-corrected chi connectivity index (χ3v) is 3.10. The molecule has 6 heteroatoms. The van der Waals surface area contributed by atoms with Gasteiger partial charge in [0.2, 0.25) is 5.91 Å². The lowest BCUT2D eigenvalue weighted by Crippen LogP contribution is -2.25. The zero-order valence-corrected chi connectivity index (χ0v) is 12.9. The van der Waals surface area contributed by atoms with E-state index in [2.05, 4.69) is 10.1 Å². The lowest BCUT2D eigenvalue weighted by Gasteiger charge is -2.05. The van der Waals surface area contributed by atoms with Crippen LogP contribution in [0, 0.1) is 0 Å². The number of rotatable bonds is 9. The van der Waals surface area contributed by atoms with E-state index in [-0.39, 0.29) is 36.9 Å². The summed E-state index contributed by atoms with van der Waals surface area (Å²) < 4.78 is 9.52. The van der Waals surface area contributed by atoms with Crippen LogP contribution >= 0.6 is 0 Å². The molecular weight excluding hydrogens is 286 g/mol. The molecule has 6 nitrogen and oxygen atoms in total. The molecule has 0 saturated heterocycles. The number of Topliss-reactive ketones (excluding diaryl/α,β-unsaturated/α-hetero) is 1. The van der Waals surface area contributed by atoms with Crippen LogP contribution in [0.3, 0.4) is 0 Å². The molecular formula is C16H21NO5. The number of benzene rings is 1. The number of hydrogen-bond acceptors (Lipinski definition) is 5. The van der Waals surface area contributed by atoms with Gasteiger partial charge in [-0.1, -0.05) is 0 Å². The van der Waals surface area contributed by atoms with E-state index in [9.17, 15) is 14.4 Å². The van der Waals surface area contributed by atoms with Crippen LogP contribution in [0.2, 0.25) is 0 Å². The van der Waals surface area contributed by atoms with E-state index < -0.39 is 0 Å². The number of nitrogens with one attached hydrogen (secondary N) is 1. The smallest absolute Gasteiger partial charge is 0.305 e. The predicted molar refractivity (Wildman–Crippen MR) is 80.8 cm³/mol. The molecule has 0 heterocycles. The Hall–Kier alpha value is -2.37. The maximum Gasteiger partial charge on any atom is 0.305 e. The van der Waals surface area contributed by atoms with Crippen molar-refractivity contribution in [1.82, 2.24) is 5.32 Å². The van der Waals surface area contributed by atoms with E-state index in [1.54, 1.807) is 31.4 Å². The van der Waals surface area contributed by atoms with Gasteiger partial charge in [0, 0.05) is 31.4 Å². The molecule has 120 valence electrons. The minimum Gasteiger partial charge on any atom is -0.497 e. The minimum absolute atomic E-state index is 0.0904. The summed E-state index contributed by atoms with van der Waals surface area (Å²) in [6.07, 6.45) is 1.06. The first-order valence-corrected chi connectivity index (χ1v) is 7.07. The van der Waals surface area contributed by atoms with Crippen molar-refractivity contribution < 1.29 is 23.9 Å². The van der Waals surface area contributed by atoms with Crippen molar-refractivity contribution in [3.05, 3.63) is 29.8 Å². The third-order valence-electron chi connectivity index (χ3n) is 3.10. The first-order chi connectivity index (χ1) is 10.6. The normalized spacial score (nSPS) is 9.91. The average Bonchev–Trinajstić information content (AvgIpc) is 2.56. The summed E-state index contributed by atoms with van der Waals surface area (Å²) in [4.78, 5) is 34.4. The van der Waals surface area contributed by atoms with Gasteiger partial charge in [-0.3, -0.25) is 14.4 Å². The van der Waals surface area contributed by atoms with Crippen molar-refractivity contribution in [1.29, 1.82) is 0 Å². The Morgan fingerprint density at radius 3 is 2.27 bits per heavy atom. The summed E-state index contributed by atoms with van der Waals surface area (Å²) in [7, 11) is 2.88. The average molecular weight is 307 g/mol. The van der Waals surface area contributed by atoms with Crippen LogP contribution in [0.25, 0.3) is 0 Å². The Kier molecular flexibility index (Phi) is 7.67. The Balaban J connectivity index is 2.25. The van der Waals surface area contributed by atoms with Crippen LogP contribution in [0.1, 0.15) is 36.0 Å². The summed E-state index contributed by atoms with van der Waals surface area (Å²) in [6, 6.07) is 6.77. The van der Waals surface area contributed by atoms with E-state index in [0.29, 0.717) is 24.3 Å². The topological polar surface area (TPSA) is 81.7 Å². The second-order valence-electron chi connectivity index (χ2n) is 4.68. The molecule has 0 bridgehead atoms. The van der Waals surface area contributed by atoms with Crippen molar-refractivity contribution in [2.45, 2.75) is 25.7 Å². The Bertz CT molecular complexity index is 510. The number of esters is 1. The van der Waals surface area contributed by atoms with Gasteiger partial charge in [0.05, 0.1) is 14.2 Å². The first kappa shape index (κ1) is 17.7. The highest BCUT2D eigenvalue weighted by Gasteiger charge is 2.09. The molecule has 0 atom stereocenters. The maximum atomic E-state index is 11.9. The van der Waals surface area contributed by atoms with Gasteiger partial charge in [0.1, 0.15) is 5.75 Å². The van der Waals surface area contributed by atoms with Gasteiger partial charge in [-0.05, 0) is 30.7 Å². The molecule has 1 N–H and O–H groups in total. The second kappa shape index (κ2) is 9.55. The molecule has 1 aromatic rings. The van der Waals surface area contributed by atoms with Gasteiger partial charge < -0.3 is 14.8 Å². The number of ether oxygens (including phenoxy) is 2. The van der Waals surface area contributed by atoms with E-state index >= 15 is 0 Å². The van der Waals surface area contributed by atoms with Crippen LogP contribution in [0.5, 0.6) is 5.75 Å². The van der Waals surface area contributed by atoms with Gasteiger partial charge in [0.25, 0.3) is 0 Å². The zero-order chi connectivity index (χ0) is 16.4. The van der Waals surface area contributed by atoms with Crippen molar-refractivity contribution in [2.24, 2.45) is 0 Å². The lowest BCUT2D eigenvalue weighted by molar-refractivity contribution is -0.140. The lowest BCUT2D eigenvalue weighted by atomic mass is 10.1. The van der Waals surface area contributed by atoms with Crippen molar-refractivity contribution in [3.8, 4) is 5.75 Å². The third kappa shape index (κ3) is 6.39. The fourth-order valence-electron chi connectivity index (χ4n) is 1.80. The summed E-state index contributed by atoms with van der Waals surface area (Å²) in [5.41, 5.74) is 0.555. The molecule has 1 aromatic carbocycles. The quantitative estimate of drug-likeness (QED) is 0.427. The Morgan fingerprint density at radius 2 is 1.68 bits per heavy atom. The highest BCUT2D eigenvalue weighted by Crippen LogP contribution is 2.13. The van der Waals surface area contributed by atoms with E-state index in [0.717, 1.165) is 0 Å². The highest BCUT2D eigenvalue weighted by atomic mass is 16.5. The standard InChI is InChI=1S/C16H21NO5/c1-21-13-7-5-12(6-8-13)14(18)9-10-15(19)17-11-3-4-16(20)22-2/h5-8H,3-4,9-11H2,1-2H3,(H,17,19). The monoisotopic (exact) mass is 307 g/mol. The molecule has 0 saturated carbocycles. The van der Waals surface area contributed by atoms with E-state index in [4.69, 9.17) is 4.74 Å². The van der Waals surface area contributed by atoms with Crippen LogP contribution in [-0.4, -0.2) is 38.4 Å². The molecule has 0 unspecified atom stereocenters. The molecule has 22 heavy (non-hydrogen) atoms. The van der Waals surface area contributed by atoms with Gasteiger partial charge in [0.15, 0.2) is 5.78 Å². The molecule has 1 amide bonds. The first-order valence-electron chi connectivity index (χ1n) is 7.07. The molecule has 0 fully saturated rings. The van der Waals surface area contributed by atoms with Crippen LogP contribution in [0.4, 0.5) is 0 Å². The number of methoxy groups -OCH3 is 2. The second-order valence-corrected chi connectivity index (χ2v) is 4.68. The van der Waals surface area contributed by atoms with Crippen LogP contribution in [-0.2, 0) is 14.3 Å². The SMILES string of the molecule is COC(=O)CCCNC(=O)CCC(=O)c1ccc(OC)cc1. The molecule has 1 rings (SSSR count). The largest absolute Gasteiger partial charge is 0.497 e.